The molecule has 0 spiro atoms. The average Bonchev–Trinajstić information content (AvgIpc) is 2.73. The van der Waals surface area contributed by atoms with Crippen LogP contribution in [0.15, 0.2) is 47.6 Å². The van der Waals surface area contributed by atoms with Crippen molar-refractivity contribution in [3.8, 4) is 11.5 Å². The lowest BCUT2D eigenvalue weighted by Gasteiger charge is -2.32. The molecule has 0 unspecified atom stereocenters. The molecule has 0 saturated carbocycles. The van der Waals surface area contributed by atoms with E-state index in [4.69, 9.17) is 15.0 Å². The van der Waals surface area contributed by atoms with Crippen LogP contribution in [0.1, 0.15) is 35.4 Å². The summed E-state index contributed by atoms with van der Waals surface area (Å²) in [4.78, 5) is 5.30. The number of ether oxygens (including phenoxy) is 2. The van der Waals surface area contributed by atoms with Crippen molar-refractivity contribution >= 4 is 0 Å². The van der Waals surface area contributed by atoms with Crippen LogP contribution in [-0.2, 0) is 13.1 Å². The number of hydrogen-bond donors (Lipinski definition) is 0. The van der Waals surface area contributed by atoms with Crippen molar-refractivity contribution in [1.29, 1.82) is 0 Å². The first kappa shape index (κ1) is 19.1. The summed E-state index contributed by atoms with van der Waals surface area (Å²) in [7, 11) is 3.33. The van der Waals surface area contributed by atoms with Crippen molar-refractivity contribution in [2.24, 2.45) is 5.11 Å². The first-order chi connectivity index (χ1) is 13.2. The monoisotopic (exact) mass is 366 g/mol. The fourth-order valence-corrected chi connectivity index (χ4v) is 3.67. The number of piperidine rings is 1. The minimum atomic E-state index is 0.417. The maximum Gasteiger partial charge on any atom is 0.161 e. The topological polar surface area (TPSA) is 70.5 Å². The number of methoxy groups -OCH3 is 2. The zero-order valence-corrected chi connectivity index (χ0v) is 16.0. The molecule has 1 heterocycles. The Labute approximate surface area is 160 Å². The fraction of sp³-hybridized carbons (Fsp3) is 0.429. The standard InChI is InChI=1S/C21H26N4O2/c1-26-20-8-5-17(13-21(20)27-2)15-25-11-9-19(10-12-25)18-6-3-16(4-7-18)14-23-24-22/h3-8,13,19H,9-12,14-15H2,1-2H3. The maximum absolute atomic E-state index is 8.41. The van der Waals surface area contributed by atoms with Gasteiger partial charge in [0.2, 0.25) is 0 Å². The highest BCUT2D eigenvalue weighted by Gasteiger charge is 2.21. The Kier molecular flexibility index (Phi) is 6.58. The van der Waals surface area contributed by atoms with E-state index >= 15 is 0 Å². The lowest BCUT2D eigenvalue weighted by atomic mass is 9.89. The van der Waals surface area contributed by atoms with E-state index in [9.17, 15) is 0 Å². The first-order valence-electron chi connectivity index (χ1n) is 9.26. The normalized spacial score (nSPS) is 15.2. The van der Waals surface area contributed by atoms with E-state index in [1.54, 1.807) is 14.2 Å². The molecule has 0 amide bonds. The van der Waals surface area contributed by atoms with Crippen LogP contribution >= 0.6 is 0 Å². The molecule has 0 aromatic heterocycles. The predicted octanol–water partition coefficient (Wildman–Crippen LogP) is 4.89. The summed E-state index contributed by atoms with van der Waals surface area (Å²) in [6.45, 7) is 3.51. The quantitative estimate of drug-likeness (QED) is 0.398. The number of benzene rings is 2. The van der Waals surface area contributed by atoms with Gasteiger partial charge < -0.3 is 9.47 Å². The molecule has 1 aliphatic heterocycles. The Morgan fingerprint density at radius 3 is 2.30 bits per heavy atom. The number of hydrogen-bond acceptors (Lipinski definition) is 4. The molecule has 0 radical (unpaired) electrons. The summed E-state index contributed by atoms with van der Waals surface area (Å²) in [6.07, 6.45) is 2.31. The molecule has 6 heteroatoms. The molecule has 0 N–H and O–H groups in total. The first-order valence-corrected chi connectivity index (χ1v) is 9.26. The Morgan fingerprint density at radius 2 is 1.67 bits per heavy atom. The van der Waals surface area contributed by atoms with Crippen molar-refractivity contribution in [3.63, 3.8) is 0 Å². The SMILES string of the molecule is COc1ccc(CN2CCC(c3ccc(CN=[N+]=[N-])cc3)CC2)cc1OC. The molecule has 2 aromatic rings. The summed E-state index contributed by atoms with van der Waals surface area (Å²) < 4.78 is 10.7. The van der Waals surface area contributed by atoms with E-state index in [1.165, 1.54) is 11.1 Å². The molecule has 1 aliphatic rings. The van der Waals surface area contributed by atoms with Crippen LogP contribution in [0.4, 0.5) is 0 Å². The average molecular weight is 366 g/mol. The third kappa shape index (κ3) is 4.94. The maximum atomic E-state index is 8.41. The fourth-order valence-electron chi connectivity index (χ4n) is 3.67. The van der Waals surface area contributed by atoms with Crippen LogP contribution in [0.3, 0.4) is 0 Å². The van der Waals surface area contributed by atoms with Gasteiger partial charge in [0, 0.05) is 11.5 Å². The Balaban J connectivity index is 1.55. The van der Waals surface area contributed by atoms with Gasteiger partial charge in [-0.15, -0.1) is 0 Å². The lowest BCUT2D eigenvalue weighted by molar-refractivity contribution is 0.204. The van der Waals surface area contributed by atoms with Gasteiger partial charge in [0.15, 0.2) is 11.5 Å². The highest BCUT2D eigenvalue weighted by molar-refractivity contribution is 5.42. The Morgan fingerprint density at radius 1 is 1.00 bits per heavy atom. The second-order valence-corrected chi connectivity index (χ2v) is 6.87. The van der Waals surface area contributed by atoms with E-state index in [1.807, 2.05) is 6.07 Å². The van der Waals surface area contributed by atoms with Crippen LogP contribution in [-0.4, -0.2) is 32.2 Å². The molecular formula is C21H26N4O2. The second kappa shape index (κ2) is 9.31. The molecule has 6 nitrogen and oxygen atoms in total. The van der Waals surface area contributed by atoms with E-state index in [2.05, 4.69) is 51.3 Å². The Bertz CT molecular complexity index is 792. The minimum absolute atomic E-state index is 0.417. The van der Waals surface area contributed by atoms with Gasteiger partial charge in [-0.25, -0.2) is 0 Å². The molecule has 0 bridgehead atoms. The van der Waals surface area contributed by atoms with Crippen LogP contribution in [0.2, 0.25) is 0 Å². The molecule has 142 valence electrons. The van der Waals surface area contributed by atoms with Crippen LogP contribution in [0.5, 0.6) is 11.5 Å². The molecule has 1 saturated heterocycles. The van der Waals surface area contributed by atoms with E-state index in [0.29, 0.717) is 12.5 Å². The molecule has 1 fully saturated rings. The van der Waals surface area contributed by atoms with Crippen molar-refractivity contribution < 1.29 is 9.47 Å². The smallest absolute Gasteiger partial charge is 0.161 e. The van der Waals surface area contributed by atoms with Crippen molar-refractivity contribution in [2.75, 3.05) is 27.3 Å². The molecular weight excluding hydrogens is 340 g/mol. The van der Waals surface area contributed by atoms with Crippen LogP contribution in [0.25, 0.3) is 10.4 Å². The van der Waals surface area contributed by atoms with E-state index < -0.39 is 0 Å². The lowest BCUT2D eigenvalue weighted by Crippen LogP contribution is -2.32. The van der Waals surface area contributed by atoms with E-state index in [0.717, 1.165) is 49.5 Å². The summed E-state index contributed by atoms with van der Waals surface area (Å²) in [5, 5.41) is 3.61. The molecule has 2 aromatic carbocycles. The van der Waals surface area contributed by atoms with Gasteiger partial charge in [-0.2, -0.15) is 0 Å². The van der Waals surface area contributed by atoms with Crippen LogP contribution in [0, 0.1) is 0 Å². The van der Waals surface area contributed by atoms with Gasteiger partial charge in [0.1, 0.15) is 0 Å². The number of likely N-dealkylation sites (tertiary alicyclic amines) is 1. The van der Waals surface area contributed by atoms with Gasteiger partial charge >= 0.3 is 0 Å². The molecule has 0 atom stereocenters. The second-order valence-electron chi connectivity index (χ2n) is 6.87. The van der Waals surface area contributed by atoms with Gasteiger partial charge in [0.25, 0.3) is 0 Å². The summed E-state index contributed by atoms with van der Waals surface area (Å²) in [6, 6.07) is 14.6. The van der Waals surface area contributed by atoms with Gasteiger partial charge in [-0.05, 0) is 66.2 Å². The zero-order chi connectivity index (χ0) is 19.1. The number of rotatable bonds is 7. The van der Waals surface area contributed by atoms with Gasteiger partial charge in [-0.3, -0.25) is 4.90 Å². The highest BCUT2D eigenvalue weighted by Crippen LogP contribution is 2.31. The predicted molar refractivity (Wildman–Crippen MR) is 106 cm³/mol. The highest BCUT2D eigenvalue weighted by atomic mass is 16.5. The van der Waals surface area contributed by atoms with Crippen LogP contribution < -0.4 is 9.47 Å². The third-order valence-electron chi connectivity index (χ3n) is 5.21. The molecule has 3 rings (SSSR count). The van der Waals surface area contributed by atoms with Gasteiger partial charge in [-0.1, -0.05) is 35.4 Å². The summed E-state index contributed by atoms with van der Waals surface area (Å²) in [5.74, 6) is 2.15. The minimum Gasteiger partial charge on any atom is -0.493 e. The Hall–Kier alpha value is -2.69. The summed E-state index contributed by atoms with van der Waals surface area (Å²) in [5.41, 5.74) is 12.1. The van der Waals surface area contributed by atoms with Crippen molar-refractivity contribution in [3.05, 3.63) is 69.6 Å². The number of azide groups is 1. The van der Waals surface area contributed by atoms with Gasteiger partial charge in [0.05, 0.1) is 20.8 Å². The van der Waals surface area contributed by atoms with Crippen molar-refractivity contribution in [2.45, 2.75) is 31.8 Å². The molecule has 0 aliphatic carbocycles. The molecule has 27 heavy (non-hydrogen) atoms. The zero-order valence-electron chi connectivity index (χ0n) is 16.0. The number of nitrogens with zero attached hydrogens (tertiary/aromatic N) is 4. The largest absolute Gasteiger partial charge is 0.493 e. The summed E-state index contributed by atoms with van der Waals surface area (Å²) >= 11 is 0. The van der Waals surface area contributed by atoms with E-state index in [-0.39, 0.29) is 0 Å². The van der Waals surface area contributed by atoms with Crippen molar-refractivity contribution in [1.82, 2.24) is 4.90 Å². The third-order valence-corrected chi connectivity index (χ3v) is 5.21.